The van der Waals surface area contributed by atoms with Gasteiger partial charge in [0.25, 0.3) is 0 Å². The minimum Gasteiger partial charge on any atom is -0.494 e. The fraction of sp³-hybridized carbons (Fsp3) is 0.312. The van der Waals surface area contributed by atoms with Gasteiger partial charge in [0.15, 0.2) is 0 Å². The van der Waals surface area contributed by atoms with Crippen molar-refractivity contribution in [3.8, 4) is 23.3 Å². The molecule has 0 fully saturated rings. The van der Waals surface area contributed by atoms with Crippen LogP contribution in [0.4, 0.5) is 5.69 Å². The second kappa shape index (κ2) is 6.83. The number of pyridine rings is 1. The van der Waals surface area contributed by atoms with Gasteiger partial charge in [-0.3, -0.25) is 0 Å². The molecule has 112 valence electrons. The third-order valence-electron chi connectivity index (χ3n) is 2.57. The SMILES string of the molecule is CCOc1ccc(Oc2ccc(N)c(OC(C)C)n2)cc1. The predicted molar refractivity (Wildman–Crippen MR) is 82.1 cm³/mol. The lowest BCUT2D eigenvalue weighted by Crippen LogP contribution is -2.09. The van der Waals surface area contributed by atoms with Crippen molar-refractivity contribution >= 4 is 5.69 Å². The molecule has 2 N–H and O–H groups in total. The van der Waals surface area contributed by atoms with Crippen molar-refractivity contribution < 1.29 is 14.2 Å². The zero-order valence-electron chi connectivity index (χ0n) is 12.5. The molecular weight excluding hydrogens is 268 g/mol. The summed E-state index contributed by atoms with van der Waals surface area (Å²) in [6.07, 6.45) is 0.000487. The molecule has 21 heavy (non-hydrogen) atoms. The van der Waals surface area contributed by atoms with Gasteiger partial charge in [0, 0.05) is 6.07 Å². The largest absolute Gasteiger partial charge is 0.494 e. The van der Waals surface area contributed by atoms with Crippen LogP contribution in [0.2, 0.25) is 0 Å². The van der Waals surface area contributed by atoms with Crippen LogP contribution in [0, 0.1) is 0 Å². The van der Waals surface area contributed by atoms with Crippen LogP contribution in [0.25, 0.3) is 0 Å². The van der Waals surface area contributed by atoms with Crippen molar-refractivity contribution in [1.29, 1.82) is 0 Å². The highest BCUT2D eigenvalue weighted by molar-refractivity contribution is 5.49. The number of hydrogen-bond donors (Lipinski definition) is 1. The van der Waals surface area contributed by atoms with Crippen molar-refractivity contribution in [3.63, 3.8) is 0 Å². The van der Waals surface area contributed by atoms with Gasteiger partial charge in [-0.25, -0.2) is 0 Å². The molecular formula is C16H20N2O3. The molecule has 1 aromatic heterocycles. The average molecular weight is 288 g/mol. The van der Waals surface area contributed by atoms with Gasteiger partial charge in [-0.2, -0.15) is 4.98 Å². The Labute approximate surface area is 124 Å². The van der Waals surface area contributed by atoms with Gasteiger partial charge in [0.2, 0.25) is 11.8 Å². The maximum atomic E-state index is 5.82. The number of nitrogen functional groups attached to an aromatic ring is 1. The Bertz CT molecular complexity index is 583. The fourth-order valence-electron chi connectivity index (χ4n) is 1.70. The van der Waals surface area contributed by atoms with Crippen LogP contribution in [0.3, 0.4) is 0 Å². The van der Waals surface area contributed by atoms with Crippen molar-refractivity contribution in [3.05, 3.63) is 36.4 Å². The highest BCUT2D eigenvalue weighted by atomic mass is 16.5. The van der Waals surface area contributed by atoms with Crippen LogP contribution in [-0.4, -0.2) is 17.7 Å². The molecule has 0 radical (unpaired) electrons. The molecule has 2 rings (SSSR count). The van der Waals surface area contributed by atoms with E-state index >= 15 is 0 Å². The average Bonchev–Trinajstić information content (AvgIpc) is 2.44. The summed E-state index contributed by atoms with van der Waals surface area (Å²) in [5.74, 6) is 2.29. The summed E-state index contributed by atoms with van der Waals surface area (Å²) in [7, 11) is 0. The molecule has 0 aliphatic rings. The van der Waals surface area contributed by atoms with Crippen LogP contribution in [0.1, 0.15) is 20.8 Å². The Balaban J connectivity index is 2.11. The Morgan fingerprint density at radius 2 is 1.71 bits per heavy atom. The molecule has 0 unspecified atom stereocenters. The smallest absolute Gasteiger partial charge is 0.240 e. The standard InChI is InChI=1S/C16H20N2O3/c1-4-19-12-5-7-13(8-6-12)21-15-10-9-14(17)16(18-15)20-11(2)3/h5-11H,4,17H2,1-3H3. The molecule has 0 saturated carbocycles. The van der Waals surface area contributed by atoms with Crippen LogP contribution >= 0.6 is 0 Å². The molecule has 5 heteroatoms. The van der Waals surface area contributed by atoms with Crippen LogP contribution in [0.5, 0.6) is 23.3 Å². The number of ether oxygens (including phenoxy) is 3. The van der Waals surface area contributed by atoms with Crippen LogP contribution in [-0.2, 0) is 0 Å². The van der Waals surface area contributed by atoms with Gasteiger partial charge >= 0.3 is 0 Å². The second-order valence-corrected chi connectivity index (χ2v) is 4.72. The van der Waals surface area contributed by atoms with E-state index in [0.717, 1.165) is 5.75 Å². The lowest BCUT2D eigenvalue weighted by molar-refractivity contribution is 0.232. The minimum atomic E-state index is 0.000487. The molecule has 5 nitrogen and oxygen atoms in total. The topological polar surface area (TPSA) is 66.6 Å². The van der Waals surface area contributed by atoms with Crippen LogP contribution < -0.4 is 19.9 Å². The van der Waals surface area contributed by atoms with Crippen molar-refractivity contribution in [2.45, 2.75) is 26.9 Å². The third kappa shape index (κ3) is 4.27. The number of hydrogen-bond acceptors (Lipinski definition) is 5. The molecule has 0 atom stereocenters. The van der Waals surface area contributed by atoms with Crippen molar-refractivity contribution in [2.75, 3.05) is 12.3 Å². The van der Waals surface area contributed by atoms with Gasteiger partial charge in [-0.05, 0) is 51.1 Å². The Hall–Kier alpha value is -2.43. The van der Waals surface area contributed by atoms with E-state index in [-0.39, 0.29) is 6.10 Å². The summed E-state index contributed by atoms with van der Waals surface area (Å²) in [6, 6.07) is 10.8. The Kier molecular flexibility index (Phi) is 4.87. The van der Waals surface area contributed by atoms with Gasteiger partial charge in [-0.15, -0.1) is 0 Å². The summed E-state index contributed by atoms with van der Waals surface area (Å²) >= 11 is 0. The lowest BCUT2D eigenvalue weighted by Gasteiger charge is -2.12. The first-order valence-corrected chi connectivity index (χ1v) is 6.92. The summed E-state index contributed by atoms with van der Waals surface area (Å²) < 4.78 is 16.6. The van der Waals surface area contributed by atoms with Gasteiger partial charge in [0.05, 0.1) is 18.4 Å². The summed E-state index contributed by atoms with van der Waals surface area (Å²) in [4.78, 5) is 4.27. The van der Waals surface area contributed by atoms with E-state index < -0.39 is 0 Å². The molecule has 0 aliphatic heterocycles. The summed E-state index contributed by atoms with van der Waals surface area (Å²) in [5, 5.41) is 0. The molecule has 0 amide bonds. The minimum absolute atomic E-state index is 0.000487. The fourth-order valence-corrected chi connectivity index (χ4v) is 1.70. The quantitative estimate of drug-likeness (QED) is 0.879. The first kappa shape index (κ1) is 15.0. The van der Waals surface area contributed by atoms with Gasteiger partial charge in [0.1, 0.15) is 11.5 Å². The number of nitrogens with two attached hydrogens (primary N) is 1. The number of aromatic nitrogens is 1. The normalized spacial score (nSPS) is 10.5. The van der Waals surface area contributed by atoms with E-state index in [4.69, 9.17) is 19.9 Å². The molecule has 0 spiro atoms. The van der Waals surface area contributed by atoms with Crippen molar-refractivity contribution in [1.82, 2.24) is 4.98 Å². The number of benzene rings is 1. The van der Waals surface area contributed by atoms with Gasteiger partial charge < -0.3 is 19.9 Å². The highest BCUT2D eigenvalue weighted by Crippen LogP contribution is 2.27. The third-order valence-corrected chi connectivity index (χ3v) is 2.57. The number of rotatable bonds is 6. The zero-order chi connectivity index (χ0) is 15.2. The summed E-state index contributed by atoms with van der Waals surface area (Å²) in [6.45, 7) is 6.41. The number of anilines is 1. The number of nitrogens with zero attached hydrogens (tertiary/aromatic N) is 1. The van der Waals surface area contributed by atoms with E-state index in [9.17, 15) is 0 Å². The van der Waals surface area contributed by atoms with Crippen molar-refractivity contribution in [2.24, 2.45) is 0 Å². The molecule has 1 aromatic carbocycles. The Morgan fingerprint density at radius 1 is 1.05 bits per heavy atom. The monoisotopic (exact) mass is 288 g/mol. The molecule has 0 saturated heterocycles. The predicted octanol–water partition coefficient (Wildman–Crippen LogP) is 3.64. The van der Waals surface area contributed by atoms with Crippen LogP contribution in [0.15, 0.2) is 36.4 Å². The van der Waals surface area contributed by atoms with E-state index in [1.165, 1.54) is 0 Å². The first-order chi connectivity index (χ1) is 10.1. The second-order valence-electron chi connectivity index (χ2n) is 4.72. The lowest BCUT2D eigenvalue weighted by atomic mass is 10.3. The zero-order valence-corrected chi connectivity index (χ0v) is 12.5. The van der Waals surface area contributed by atoms with E-state index in [1.54, 1.807) is 12.1 Å². The maximum absolute atomic E-state index is 5.82. The molecule has 1 heterocycles. The molecule has 0 bridgehead atoms. The first-order valence-electron chi connectivity index (χ1n) is 6.92. The summed E-state index contributed by atoms with van der Waals surface area (Å²) in [5.41, 5.74) is 6.31. The maximum Gasteiger partial charge on any atom is 0.240 e. The Morgan fingerprint density at radius 3 is 2.33 bits per heavy atom. The van der Waals surface area contributed by atoms with E-state index in [2.05, 4.69) is 4.98 Å². The van der Waals surface area contributed by atoms with Gasteiger partial charge in [-0.1, -0.05) is 0 Å². The van der Waals surface area contributed by atoms with E-state index in [1.807, 2.05) is 45.0 Å². The molecule has 2 aromatic rings. The molecule has 0 aliphatic carbocycles. The van der Waals surface area contributed by atoms with E-state index in [0.29, 0.717) is 29.8 Å². The highest BCUT2D eigenvalue weighted by Gasteiger charge is 2.08.